The van der Waals surface area contributed by atoms with Crippen molar-refractivity contribution in [1.82, 2.24) is 14.9 Å². The summed E-state index contributed by atoms with van der Waals surface area (Å²) in [6.07, 6.45) is 15.5. The van der Waals surface area contributed by atoms with Crippen LogP contribution < -0.4 is 10.6 Å². The van der Waals surface area contributed by atoms with Gasteiger partial charge in [-0.25, -0.2) is 4.98 Å². The molecule has 0 unspecified atom stereocenters. The van der Waals surface area contributed by atoms with E-state index in [1.165, 1.54) is 76.8 Å². The number of nitrogens with zero attached hydrogens (tertiary/aromatic N) is 2. The van der Waals surface area contributed by atoms with Gasteiger partial charge >= 0.3 is 0 Å². The second kappa shape index (κ2) is 12.3. The zero-order chi connectivity index (χ0) is 32.0. The Hall–Kier alpha value is -4.49. The first-order valence-electron chi connectivity index (χ1n) is 17.1. The predicted molar refractivity (Wildman–Crippen MR) is 192 cm³/mol. The molecular formula is C40H40N4O2S. The zero-order valence-electron chi connectivity index (χ0n) is 26.9. The zero-order valence-corrected chi connectivity index (χ0v) is 27.7. The number of hydrogen-bond acceptors (Lipinski definition) is 4. The van der Waals surface area contributed by atoms with Gasteiger partial charge in [-0.05, 0) is 67.3 Å². The molecule has 0 saturated heterocycles. The standard InChI is InChI=1S/C40H40N4O2S/c1-26-15-17-28(18-16-26)34-25-41-39(47-34)42-38(46)40(21-7-8-22-40)43-37(45)30-19-20-32-33(24-30)44-23-9-13-27-10-5-6-14-31(27)36(44)35(32)29-11-3-2-4-12-29/h5-6,9-10,13-20,24-25,29H,2-4,7-8,11-12,21-23H2,1H3,(H,43,45)(H,41,42,46). The summed E-state index contributed by atoms with van der Waals surface area (Å²) in [4.78, 5) is 33.4. The van der Waals surface area contributed by atoms with Crippen LogP contribution in [-0.4, -0.2) is 26.9 Å². The third kappa shape index (κ3) is 5.50. The number of rotatable bonds is 6. The number of benzene rings is 3. The quantitative estimate of drug-likeness (QED) is 0.194. The molecule has 0 spiro atoms. The second-order valence-electron chi connectivity index (χ2n) is 13.5. The summed E-state index contributed by atoms with van der Waals surface area (Å²) in [5, 5.41) is 8.06. The van der Waals surface area contributed by atoms with E-state index in [1.54, 1.807) is 6.20 Å². The molecule has 3 aromatic carbocycles. The Morgan fingerprint density at radius 2 is 1.72 bits per heavy atom. The van der Waals surface area contributed by atoms with E-state index < -0.39 is 5.54 Å². The molecule has 0 radical (unpaired) electrons. The van der Waals surface area contributed by atoms with Crippen LogP contribution in [0.15, 0.2) is 79.0 Å². The summed E-state index contributed by atoms with van der Waals surface area (Å²) in [6, 6.07) is 23.1. The molecule has 3 heterocycles. The molecule has 2 aromatic heterocycles. The highest BCUT2D eigenvalue weighted by Gasteiger charge is 2.43. The third-order valence-corrected chi connectivity index (χ3v) is 11.4. The molecule has 2 fully saturated rings. The minimum Gasteiger partial charge on any atom is -0.338 e. The Morgan fingerprint density at radius 1 is 0.936 bits per heavy atom. The van der Waals surface area contributed by atoms with Gasteiger partial charge in [-0.3, -0.25) is 14.9 Å². The fourth-order valence-electron chi connectivity index (χ4n) is 8.02. The second-order valence-corrected chi connectivity index (χ2v) is 14.6. The molecule has 2 N–H and O–H groups in total. The summed E-state index contributed by atoms with van der Waals surface area (Å²) in [5.74, 6) is 0.117. The normalized spacial score (nSPS) is 17.2. The average Bonchev–Trinajstić information content (AvgIpc) is 3.81. The smallest absolute Gasteiger partial charge is 0.252 e. The van der Waals surface area contributed by atoms with Crippen molar-refractivity contribution in [2.75, 3.05) is 5.32 Å². The molecule has 238 valence electrons. The highest BCUT2D eigenvalue weighted by atomic mass is 32.1. The van der Waals surface area contributed by atoms with Gasteiger partial charge in [-0.2, -0.15) is 0 Å². The molecule has 8 rings (SSSR count). The van der Waals surface area contributed by atoms with Crippen LogP contribution in [0.1, 0.15) is 90.8 Å². The Labute approximate surface area is 279 Å². The molecule has 47 heavy (non-hydrogen) atoms. The number of aryl methyl sites for hydroxylation is 1. The largest absolute Gasteiger partial charge is 0.338 e. The molecule has 0 atom stereocenters. The van der Waals surface area contributed by atoms with E-state index in [9.17, 15) is 9.59 Å². The van der Waals surface area contributed by atoms with Gasteiger partial charge in [0.25, 0.3) is 11.8 Å². The first kappa shape index (κ1) is 29.9. The summed E-state index contributed by atoms with van der Waals surface area (Å²) in [6.45, 7) is 2.82. The average molecular weight is 641 g/mol. The highest BCUT2D eigenvalue weighted by Crippen LogP contribution is 2.46. The molecule has 7 heteroatoms. The molecule has 2 amide bonds. The van der Waals surface area contributed by atoms with Gasteiger partial charge in [0, 0.05) is 34.8 Å². The minimum atomic E-state index is -0.966. The molecule has 3 aliphatic rings. The van der Waals surface area contributed by atoms with Crippen LogP contribution in [0.4, 0.5) is 5.13 Å². The monoisotopic (exact) mass is 640 g/mol. The maximum Gasteiger partial charge on any atom is 0.252 e. The van der Waals surface area contributed by atoms with Crippen LogP contribution in [0.5, 0.6) is 0 Å². The number of aromatic nitrogens is 2. The van der Waals surface area contributed by atoms with Crippen LogP contribution >= 0.6 is 11.3 Å². The van der Waals surface area contributed by atoms with Gasteiger partial charge in [-0.1, -0.05) is 116 Å². The fourth-order valence-corrected chi connectivity index (χ4v) is 8.84. The van der Waals surface area contributed by atoms with Crippen molar-refractivity contribution in [2.24, 2.45) is 0 Å². The fraction of sp³-hybridized carbons (Fsp3) is 0.325. The van der Waals surface area contributed by atoms with Crippen molar-refractivity contribution in [3.05, 3.63) is 101 Å². The lowest BCUT2D eigenvalue weighted by Crippen LogP contribution is -2.55. The first-order valence-corrected chi connectivity index (χ1v) is 17.9. The summed E-state index contributed by atoms with van der Waals surface area (Å²) >= 11 is 1.45. The van der Waals surface area contributed by atoms with Crippen molar-refractivity contribution in [1.29, 1.82) is 0 Å². The van der Waals surface area contributed by atoms with Crippen LogP contribution in [0.2, 0.25) is 0 Å². The number of carbonyl (C=O) groups is 2. The number of anilines is 1. The summed E-state index contributed by atoms with van der Waals surface area (Å²) < 4.78 is 2.41. The Balaban J connectivity index is 1.10. The van der Waals surface area contributed by atoms with Crippen LogP contribution in [0.3, 0.4) is 0 Å². The molecule has 2 saturated carbocycles. The molecule has 2 aliphatic carbocycles. The molecular weight excluding hydrogens is 601 g/mol. The number of fused-ring (bicyclic) bond motifs is 5. The Kier molecular flexibility index (Phi) is 7.80. The van der Waals surface area contributed by atoms with E-state index in [2.05, 4.69) is 99.9 Å². The number of allylic oxidation sites excluding steroid dienone is 1. The first-order chi connectivity index (χ1) is 23.0. The predicted octanol–water partition coefficient (Wildman–Crippen LogP) is 9.50. The van der Waals surface area contributed by atoms with Gasteiger partial charge in [0.15, 0.2) is 5.13 Å². The maximum absolute atomic E-state index is 14.0. The van der Waals surface area contributed by atoms with Crippen molar-refractivity contribution in [2.45, 2.75) is 82.7 Å². The van der Waals surface area contributed by atoms with E-state index in [0.717, 1.165) is 35.3 Å². The molecule has 5 aromatic rings. The number of thiazole rings is 1. The molecule has 0 bridgehead atoms. The lowest BCUT2D eigenvalue weighted by Gasteiger charge is -2.28. The van der Waals surface area contributed by atoms with Gasteiger partial charge in [0.1, 0.15) is 5.54 Å². The Bertz CT molecular complexity index is 2010. The summed E-state index contributed by atoms with van der Waals surface area (Å²) in [5.41, 5.74) is 8.21. The maximum atomic E-state index is 14.0. The van der Waals surface area contributed by atoms with Crippen LogP contribution in [-0.2, 0) is 11.3 Å². The van der Waals surface area contributed by atoms with Gasteiger partial charge in [-0.15, -0.1) is 0 Å². The van der Waals surface area contributed by atoms with Gasteiger partial charge in [0.2, 0.25) is 0 Å². The van der Waals surface area contributed by atoms with E-state index >= 15 is 0 Å². The molecule has 1 aliphatic heterocycles. The van der Waals surface area contributed by atoms with E-state index in [-0.39, 0.29) is 11.8 Å². The van der Waals surface area contributed by atoms with E-state index in [0.29, 0.717) is 29.5 Å². The van der Waals surface area contributed by atoms with Crippen molar-refractivity contribution in [3.8, 4) is 21.7 Å². The third-order valence-electron chi connectivity index (χ3n) is 10.5. The summed E-state index contributed by atoms with van der Waals surface area (Å²) in [7, 11) is 0. The van der Waals surface area contributed by atoms with Gasteiger partial charge in [0.05, 0.1) is 10.6 Å². The number of carbonyl (C=O) groups excluding carboxylic acids is 2. The number of hydrogen-bond donors (Lipinski definition) is 2. The van der Waals surface area contributed by atoms with Crippen LogP contribution in [0, 0.1) is 6.92 Å². The van der Waals surface area contributed by atoms with Gasteiger partial charge < -0.3 is 9.88 Å². The minimum absolute atomic E-state index is 0.188. The molecule has 6 nitrogen and oxygen atoms in total. The topological polar surface area (TPSA) is 76.0 Å². The lowest BCUT2D eigenvalue weighted by molar-refractivity contribution is -0.122. The number of amides is 2. The van der Waals surface area contributed by atoms with Crippen molar-refractivity contribution >= 4 is 45.3 Å². The number of nitrogens with one attached hydrogen (secondary N) is 2. The highest BCUT2D eigenvalue weighted by molar-refractivity contribution is 7.19. The van der Waals surface area contributed by atoms with E-state index in [1.807, 2.05) is 6.07 Å². The van der Waals surface area contributed by atoms with Crippen molar-refractivity contribution < 1.29 is 9.59 Å². The van der Waals surface area contributed by atoms with E-state index in [4.69, 9.17) is 0 Å². The van der Waals surface area contributed by atoms with Crippen molar-refractivity contribution in [3.63, 3.8) is 0 Å². The van der Waals surface area contributed by atoms with Crippen LogP contribution in [0.25, 0.3) is 38.7 Å². The Morgan fingerprint density at radius 3 is 2.53 bits per heavy atom. The SMILES string of the molecule is Cc1ccc(-c2cnc(NC(=O)C3(NC(=O)c4ccc5c(C6CCCCC6)c6n(c5c4)CC=Cc4ccccc4-6)CCCC3)s2)cc1. The lowest BCUT2D eigenvalue weighted by atomic mass is 9.81.